The van der Waals surface area contributed by atoms with Gasteiger partial charge in [0, 0.05) is 19.2 Å². The van der Waals surface area contributed by atoms with Crippen LogP contribution in [-0.4, -0.2) is 54.5 Å². The van der Waals surface area contributed by atoms with Crippen LogP contribution in [0.2, 0.25) is 0 Å². The molecule has 9 nitrogen and oxygen atoms in total. The van der Waals surface area contributed by atoms with Gasteiger partial charge in [-0.15, -0.1) is 0 Å². The second-order valence-electron chi connectivity index (χ2n) is 4.37. The summed E-state index contributed by atoms with van der Waals surface area (Å²) in [6.45, 7) is 0.678. The van der Waals surface area contributed by atoms with Gasteiger partial charge in [-0.05, 0) is 12.5 Å². The van der Waals surface area contributed by atoms with E-state index in [1.54, 1.807) is 0 Å². The molecule has 22 heavy (non-hydrogen) atoms. The molecule has 0 atom stereocenters. The molecular weight excluding hydrogens is 296 g/mol. The molecule has 9 heteroatoms. The number of carbonyl (C=O) groups is 1. The van der Waals surface area contributed by atoms with Crippen LogP contribution in [0.15, 0.2) is 12.1 Å². The molecule has 3 N–H and O–H groups in total. The fraction of sp³-hybridized carbons (Fsp3) is 0.462. The molecular formula is C13H18N2O7. The van der Waals surface area contributed by atoms with E-state index in [-0.39, 0.29) is 36.7 Å². The van der Waals surface area contributed by atoms with Gasteiger partial charge in [-0.1, -0.05) is 0 Å². The second kappa shape index (κ2) is 8.80. The molecule has 1 aromatic carbocycles. The predicted octanol–water partition coefficient (Wildman–Crippen LogP) is 0.328. The van der Waals surface area contributed by atoms with Gasteiger partial charge in [0.05, 0.1) is 24.2 Å². The highest BCUT2D eigenvalue weighted by atomic mass is 16.6. The molecule has 0 aliphatic carbocycles. The van der Waals surface area contributed by atoms with Crippen LogP contribution < -0.4 is 5.32 Å². The normalized spacial score (nSPS) is 10.4. The molecule has 0 heterocycles. The summed E-state index contributed by atoms with van der Waals surface area (Å²) in [6, 6.07) is 1.98. The number of ether oxygens (including phenoxy) is 2. The number of nitrogens with zero attached hydrogens (tertiary/aromatic N) is 1. The van der Waals surface area contributed by atoms with Crippen LogP contribution in [0.3, 0.4) is 0 Å². The van der Waals surface area contributed by atoms with Gasteiger partial charge in [-0.25, -0.2) is 0 Å². The Morgan fingerprint density at radius 1 is 1.32 bits per heavy atom. The van der Waals surface area contributed by atoms with Crippen LogP contribution in [0.25, 0.3) is 0 Å². The first-order chi connectivity index (χ1) is 10.5. The molecule has 1 aromatic rings. The smallest absolute Gasteiger partial charge is 0.276 e. The Morgan fingerprint density at radius 3 is 2.64 bits per heavy atom. The van der Waals surface area contributed by atoms with E-state index >= 15 is 0 Å². The topological polar surface area (TPSA) is 131 Å². The van der Waals surface area contributed by atoms with Crippen LogP contribution in [0.4, 0.5) is 5.69 Å². The molecule has 1 amide bonds. The number of aromatic hydroxyl groups is 2. The number of phenolic OH excluding ortho intramolecular Hbond substituents is 2. The van der Waals surface area contributed by atoms with Gasteiger partial charge in [0.25, 0.3) is 5.69 Å². The molecule has 0 bridgehead atoms. The van der Waals surface area contributed by atoms with Crippen molar-refractivity contribution < 1.29 is 29.4 Å². The van der Waals surface area contributed by atoms with Gasteiger partial charge in [-0.2, -0.15) is 0 Å². The van der Waals surface area contributed by atoms with Crippen molar-refractivity contribution in [2.45, 2.75) is 6.42 Å². The lowest BCUT2D eigenvalue weighted by atomic mass is 10.1. The number of methoxy groups -OCH3 is 1. The van der Waals surface area contributed by atoms with Crippen LogP contribution in [0.5, 0.6) is 11.5 Å². The molecule has 0 unspecified atom stereocenters. The summed E-state index contributed by atoms with van der Waals surface area (Å²) >= 11 is 0. The van der Waals surface area contributed by atoms with Crippen molar-refractivity contribution in [1.29, 1.82) is 0 Å². The van der Waals surface area contributed by atoms with E-state index in [1.807, 2.05) is 0 Å². The fourth-order valence-electron chi connectivity index (χ4n) is 1.67. The third kappa shape index (κ3) is 5.54. The zero-order valence-electron chi connectivity index (χ0n) is 12.1. The lowest BCUT2D eigenvalue weighted by Crippen LogP contribution is -2.30. The van der Waals surface area contributed by atoms with Crippen molar-refractivity contribution in [3.8, 4) is 11.5 Å². The first-order valence-electron chi connectivity index (χ1n) is 6.48. The van der Waals surface area contributed by atoms with E-state index in [9.17, 15) is 25.1 Å². The number of nitro benzene ring substituents is 1. The Hall–Kier alpha value is -2.39. The van der Waals surface area contributed by atoms with Crippen LogP contribution >= 0.6 is 0 Å². The largest absolute Gasteiger partial charge is 0.504 e. The van der Waals surface area contributed by atoms with Crippen molar-refractivity contribution in [2.24, 2.45) is 0 Å². The van der Waals surface area contributed by atoms with E-state index in [4.69, 9.17) is 9.47 Å². The quantitative estimate of drug-likeness (QED) is 0.259. The molecule has 0 aliphatic heterocycles. The third-order valence-corrected chi connectivity index (χ3v) is 2.75. The summed E-state index contributed by atoms with van der Waals surface area (Å²) in [4.78, 5) is 21.7. The summed E-state index contributed by atoms with van der Waals surface area (Å²) < 4.78 is 9.77. The Kier molecular flexibility index (Phi) is 7.06. The van der Waals surface area contributed by atoms with E-state index in [2.05, 4.69) is 5.32 Å². The molecule has 0 spiro atoms. The minimum atomic E-state index is -0.663. The SMILES string of the molecule is COCCOCC(=O)NCCc1cc(O)c(O)cc1[N+](=O)[O-]. The van der Waals surface area contributed by atoms with Crippen molar-refractivity contribution in [2.75, 3.05) is 33.5 Å². The van der Waals surface area contributed by atoms with E-state index < -0.39 is 16.4 Å². The summed E-state index contributed by atoms with van der Waals surface area (Å²) in [5.74, 6) is -1.37. The van der Waals surface area contributed by atoms with Crippen LogP contribution in [0, 0.1) is 10.1 Å². The standard InChI is InChI=1S/C13H18N2O7/c1-21-4-5-22-8-13(18)14-3-2-9-6-11(16)12(17)7-10(9)15(19)20/h6-7,16-17H,2-5,8H2,1H3,(H,14,18). The zero-order valence-corrected chi connectivity index (χ0v) is 12.1. The van der Waals surface area contributed by atoms with Gasteiger partial charge in [-0.3, -0.25) is 14.9 Å². The summed E-state index contributed by atoms with van der Waals surface area (Å²) in [5.41, 5.74) is -0.109. The maximum Gasteiger partial charge on any atom is 0.276 e. The summed E-state index contributed by atoms with van der Waals surface area (Å²) in [7, 11) is 1.52. The highest BCUT2D eigenvalue weighted by molar-refractivity contribution is 5.77. The Balaban J connectivity index is 2.49. The number of carbonyl (C=O) groups excluding carboxylic acids is 1. The van der Waals surface area contributed by atoms with Gasteiger partial charge >= 0.3 is 0 Å². The molecule has 0 radical (unpaired) electrons. The van der Waals surface area contributed by atoms with Crippen LogP contribution in [0.1, 0.15) is 5.56 Å². The molecule has 0 aromatic heterocycles. The molecule has 1 rings (SSSR count). The maximum atomic E-state index is 11.4. The van der Waals surface area contributed by atoms with Gasteiger partial charge < -0.3 is 25.0 Å². The van der Waals surface area contributed by atoms with E-state index in [0.717, 1.165) is 12.1 Å². The number of phenols is 2. The summed E-state index contributed by atoms with van der Waals surface area (Å²) in [5, 5.41) is 32.1. The number of nitrogens with one attached hydrogen (secondary N) is 1. The average Bonchev–Trinajstić information content (AvgIpc) is 2.46. The minimum Gasteiger partial charge on any atom is -0.504 e. The lowest BCUT2D eigenvalue weighted by molar-refractivity contribution is -0.385. The fourth-order valence-corrected chi connectivity index (χ4v) is 1.67. The summed E-state index contributed by atoms with van der Waals surface area (Å²) in [6.07, 6.45) is 0.133. The Morgan fingerprint density at radius 2 is 2.00 bits per heavy atom. The Labute approximate surface area is 126 Å². The molecule has 122 valence electrons. The third-order valence-electron chi connectivity index (χ3n) is 2.75. The number of amides is 1. The first-order valence-corrected chi connectivity index (χ1v) is 6.48. The number of hydrogen-bond acceptors (Lipinski definition) is 7. The number of hydrogen-bond donors (Lipinski definition) is 3. The zero-order chi connectivity index (χ0) is 16.5. The number of benzene rings is 1. The van der Waals surface area contributed by atoms with Crippen molar-refractivity contribution in [3.63, 3.8) is 0 Å². The van der Waals surface area contributed by atoms with Crippen LogP contribution in [-0.2, 0) is 20.7 Å². The second-order valence-corrected chi connectivity index (χ2v) is 4.37. The Bertz CT molecular complexity index is 533. The first kappa shape index (κ1) is 17.7. The van der Waals surface area contributed by atoms with Gasteiger partial charge in [0.1, 0.15) is 6.61 Å². The number of nitro groups is 1. The molecule has 0 fully saturated rings. The highest BCUT2D eigenvalue weighted by Crippen LogP contribution is 2.32. The highest BCUT2D eigenvalue weighted by Gasteiger charge is 2.17. The van der Waals surface area contributed by atoms with Gasteiger partial charge in [0.15, 0.2) is 11.5 Å². The predicted molar refractivity (Wildman–Crippen MR) is 75.8 cm³/mol. The van der Waals surface area contributed by atoms with Crippen molar-refractivity contribution in [1.82, 2.24) is 5.32 Å². The molecule has 0 saturated heterocycles. The van der Waals surface area contributed by atoms with Crippen molar-refractivity contribution in [3.05, 3.63) is 27.8 Å². The average molecular weight is 314 g/mol. The number of rotatable bonds is 9. The van der Waals surface area contributed by atoms with E-state index in [0.29, 0.717) is 13.2 Å². The van der Waals surface area contributed by atoms with Gasteiger partial charge in [0.2, 0.25) is 5.91 Å². The minimum absolute atomic E-state index is 0.133. The molecule has 0 saturated carbocycles. The lowest BCUT2D eigenvalue weighted by Gasteiger charge is -2.08. The molecule has 0 aliphatic rings. The maximum absolute atomic E-state index is 11.4. The van der Waals surface area contributed by atoms with Crippen molar-refractivity contribution >= 4 is 11.6 Å². The van der Waals surface area contributed by atoms with E-state index in [1.165, 1.54) is 7.11 Å². The monoisotopic (exact) mass is 314 g/mol.